The minimum absolute atomic E-state index is 0.0882. The monoisotopic (exact) mass is 848 g/mol. The van der Waals surface area contributed by atoms with Crippen LogP contribution in [0, 0.1) is 5.92 Å². The van der Waals surface area contributed by atoms with E-state index >= 15 is 0 Å². The molecule has 3 heterocycles. The third-order valence-corrected chi connectivity index (χ3v) is 21.6. The molecule has 0 aliphatic carbocycles. The van der Waals surface area contributed by atoms with Crippen LogP contribution in [0.3, 0.4) is 0 Å². The molecule has 16 heteroatoms. The van der Waals surface area contributed by atoms with Crippen LogP contribution in [0.4, 0.5) is 0 Å². The first-order chi connectivity index (χ1) is 25.9. The number of hydrogen-bond acceptors (Lipinski definition) is 13. The Morgan fingerprint density at radius 3 is 1.84 bits per heavy atom. The standard InChI is InChI=1S/C41H76O14Si2/c1-37(2,3)56(14,15)54-29(19-18-26-20-27(22-33(42)43)50-39(7,8)49-26)30-21-28(51-40(9,10)52-30)24-41(48-13)25-32(55-57(16,17)38(4,5)6)35(36(45)47-12)31(53-41)23-34(44)46-11/h26-32,35H,18-25H2,1-17H3,(H,42,43)/t26-,27-,28+,29-,30-,31+,32+,35+,41-/m1/s1. The van der Waals surface area contributed by atoms with E-state index in [0.717, 1.165) is 0 Å². The molecule has 0 spiro atoms. The van der Waals surface area contributed by atoms with Gasteiger partial charge in [0.25, 0.3) is 0 Å². The molecule has 0 amide bonds. The van der Waals surface area contributed by atoms with Crippen LogP contribution in [0.15, 0.2) is 0 Å². The molecule has 0 radical (unpaired) electrons. The zero-order valence-corrected chi connectivity index (χ0v) is 40.0. The van der Waals surface area contributed by atoms with Crippen LogP contribution in [0.2, 0.25) is 36.3 Å². The van der Waals surface area contributed by atoms with E-state index in [4.69, 9.17) is 46.7 Å². The summed E-state index contributed by atoms with van der Waals surface area (Å²) in [4.78, 5) is 37.9. The second-order valence-corrected chi connectivity index (χ2v) is 29.7. The summed E-state index contributed by atoms with van der Waals surface area (Å²) in [6, 6.07) is 0. The number of carboxylic acids is 1. The van der Waals surface area contributed by atoms with Crippen molar-refractivity contribution in [2.45, 2.75) is 217 Å². The van der Waals surface area contributed by atoms with Crippen molar-refractivity contribution >= 4 is 34.5 Å². The molecule has 3 aliphatic heterocycles. The zero-order valence-electron chi connectivity index (χ0n) is 38.0. The number of carboxylic acid groups (broad SMARTS) is 1. The Labute approximate surface area is 344 Å². The number of hydrogen-bond donors (Lipinski definition) is 1. The van der Waals surface area contributed by atoms with Gasteiger partial charge in [-0.25, -0.2) is 0 Å². The third kappa shape index (κ3) is 13.5. The van der Waals surface area contributed by atoms with Crippen molar-refractivity contribution in [1.82, 2.24) is 0 Å². The number of aliphatic carboxylic acids is 1. The van der Waals surface area contributed by atoms with Gasteiger partial charge in [-0.15, -0.1) is 0 Å². The van der Waals surface area contributed by atoms with Crippen LogP contribution in [0.1, 0.15) is 121 Å². The second kappa shape index (κ2) is 18.6. The summed E-state index contributed by atoms with van der Waals surface area (Å²) in [6.45, 7) is 29.1. The summed E-state index contributed by atoms with van der Waals surface area (Å²) in [7, 11) is -0.636. The molecular formula is C41H76O14Si2. The molecule has 0 aromatic carbocycles. The summed E-state index contributed by atoms with van der Waals surface area (Å²) in [5, 5.41) is 9.26. The Kier molecular flexibility index (Phi) is 16.3. The maximum absolute atomic E-state index is 13.5. The van der Waals surface area contributed by atoms with Gasteiger partial charge in [0.15, 0.2) is 34.0 Å². The van der Waals surface area contributed by atoms with E-state index in [1.165, 1.54) is 14.2 Å². The van der Waals surface area contributed by atoms with Crippen LogP contribution >= 0.6 is 0 Å². The zero-order chi connectivity index (χ0) is 43.6. The molecule has 3 rings (SSSR count). The minimum atomic E-state index is -2.48. The van der Waals surface area contributed by atoms with Crippen LogP contribution in [-0.2, 0) is 61.1 Å². The topological polar surface area (TPSA) is 164 Å². The Morgan fingerprint density at radius 1 is 0.754 bits per heavy atom. The molecule has 3 saturated heterocycles. The fourth-order valence-electron chi connectivity index (χ4n) is 7.73. The SMILES string of the molecule is COC(=O)C[C@@H]1O[C@@](C[C@@H]2C[C@H]([C@@H](CC[C@@H]3C[C@H](CC(=O)O)OC(C)(C)O3)O[Si](C)(C)C(C)(C)C)OC(C)(C)O2)(OC)C[C@H](O[Si](C)(C)C(C)(C)C)[C@H]1C(=O)OC. The van der Waals surface area contributed by atoms with Crippen molar-refractivity contribution < 1.29 is 66.2 Å². The van der Waals surface area contributed by atoms with Gasteiger partial charge in [0.2, 0.25) is 0 Å². The molecule has 3 aliphatic rings. The number of carbonyl (C=O) groups is 3. The Morgan fingerprint density at radius 2 is 1.32 bits per heavy atom. The number of esters is 2. The maximum atomic E-state index is 13.5. The summed E-state index contributed by atoms with van der Waals surface area (Å²) in [5.41, 5.74) is 0. The van der Waals surface area contributed by atoms with E-state index in [1.54, 1.807) is 7.11 Å². The number of ether oxygens (including phenoxy) is 8. The fourth-order valence-corrected chi connectivity index (χ4v) is 10.5. The highest BCUT2D eigenvalue weighted by molar-refractivity contribution is 6.74. The van der Waals surface area contributed by atoms with Gasteiger partial charge in [-0.1, -0.05) is 41.5 Å². The Bertz CT molecular complexity index is 1370. The molecule has 3 fully saturated rings. The van der Waals surface area contributed by atoms with Crippen LogP contribution < -0.4 is 0 Å². The van der Waals surface area contributed by atoms with Crippen molar-refractivity contribution in [2.75, 3.05) is 21.3 Å². The Hall–Kier alpha value is -1.48. The molecule has 57 heavy (non-hydrogen) atoms. The van der Waals surface area contributed by atoms with Crippen LogP contribution in [-0.4, -0.2) is 121 Å². The maximum Gasteiger partial charge on any atom is 0.313 e. The lowest BCUT2D eigenvalue weighted by Crippen LogP contribution is -2.61. The highest BCUT2D eigenvalue weighted by atomic mass is 28.4. The van der Waals surface area contributed by atoms with Crippen molar-refractivity contribution in [3.05, 3.63) is 0 Å². The minimum Gasteiger partial charge on any atom is -0.481 e. The first kappa shape index (κ1) is 49.9. The molecule has 332 valence electrons. The molecule has 0 aromatic heterocycles. The van der Waals surface area contributed by atoms with Gasteiger partial charge in [-0.2, -0.15) is 0 Å². The summed E-state index contributed by atoms with van der Waals surface area (Å²) >= 11 is 0. The van der Waals surface area contributed by atoms with Gasteiger partial charge in [-0.3, -0.25) is 14.4 Å². The quantitative estimate of drug-likeness (QED) is 0.119. The second-order valence-electron chi connectivity index (χ2n) is 20.2. The van der Waals surface area contributed by atoms with Gasteiger partial charge in [0.05, 0.1) is 69.8 Å². The number of methoxy groups -OCH3 is 3. The van der Waals surface area contributed by atoms with E-state index in [9.17, 15) is 19.5 Å². The van der Waals surface area contributed by atoms with E-state index in [-0.39, 0.29) is 48.0 Å². The van der Waals surface area contributed by atoms with Crippen molar-refractivity contribution in [3.8, 4) is 0 Å². The first-order valence-corrected chi connectivity index (χ1v) is 26.4. The van der Waals surface area contributed by atoms with E-state index in [0.29, 0.717) is 25.7 Å². The van der Waals surface area contributed by atoms with Gasteiger partial charge >= 0.3 is 17.9 Å². The lowest BCUT2D eigenvalue weighted by atomic mass is 9.83. The van der Waals surface area contributed by atoms with Crippen molar-refractivity contribution in [3.63, 3.8) is 0 Å². The fraction of sp³-hybridized carbons (Fsp3) is 0.927. The van der Waals surface area contributed by atoms with Gasteiger partial charge < -0.3 is 51.9 Å². The Balaban J connectivity index is 2.01. The molecule has 0 aromatic rings. The lowest BCUT2D eigenvalue weighted by Gasteiger charge is -2.52. The molecule has 9 atom stereocenters. The molecule has 14 nitrogen and oxygen atoms in total. The molecule has 1 N–H and O–H groups in total. The van der Waals surface area contributed by atoms with Crippen LogP contribution in [0.25, 0.3) is 0 Å². The first-order valence-electron chi connectivity index (χ1n) is 20.5. The van der Waals surface area contributed by atoms with Gasteiger partial charge in [0.1, 0.15) is 5.92 Å². The van der Waals surface area contributed by atoms with Crippen molar-refractivity contribution in [2.24, 2.45) is 5.92 Å². The highest BCUT2D eigenvalue weighted by Gasteiger charge is 2.56. The van der Waals surface area contributed by atoms with E-state index in [2.05, 4.69) is 67.7 Å². The average Bonchev–Trinajstić information content (AvgIpc) is 3.03. The lowest BCUT2D eigenvalue weighted by molar-refractivity contribution is -0.346. The van der Waals surface area contributed by atoms with Crippen molar-refractivity contribution in [1.29, 1.82) is 0 Å². The summed E-state index contributed by atoms with van der Waals surface area (Å²) < 4.78 is 63.2. The third-order valence-electron chi connectivity index (χ3n) is 12.6. The summed E-state index contributed by atoms with van der Waals surface area (Å²) in [5.74, 6) is -6.14. The predicted octanol–water partition coefficient (Wildman–Crippen LogP) is 7.72. The van der Waals surface area contributed by atoms with Gasteiger partial charge in [-0.05, 0) is 76.8 Å². The normalized spacial score (nSPS) is 31.6. The smallest absolute Gasteiger partial charge is 0.313 e. The van der Waals surface area contributed by atoms with E-state index in [1.807, 2.05) is 27.7 Å². The average molecular weight is 849 g/mol. The number of rotatable bonds is 16. The van der Waals surface area contributed by atoms with Crippen LogP contribution in [0.5, 0.6) is 0 Å². The highest BCUT2D eigenvalue weighted by Crippen LogP contribution is 2.47. The largest absolute Gasteiger partial charge is 0.481 e. The molecule has 0 bridgehead atoms. The predicted molar refractivity (Wildman–Crippen MR) is 218 cm³/mol. The van der Waals surface area contributed by atoms with Gasteiger partial charge in [0, 0.05) is 32.8 Å². The van der Waals surface area contributed by atoms with E-state index < -0.39 is 88.3 Å². The molecule has 0 saturated carbocycles. The molecular weight excluding hydrogens is 773 g/mol. The summed E-state index contributed by atoms with van der Waals surface area (Å²) in [6.07, 6.45) is -1.33. The molecule has 0 unspecified atom stereocenters. The number of carbonyl (C=O) groups excluding carboxylic acids is 2.